The first-order valence-electron chi connectivity index (χ1n) is 8.05. The Labute approximate surface area is 155 Å². The van der Waals surface area contributed by atoms with Crippen LogP contribution in [0.1, 0.15) is 39.2 Å². The number of carbonyl (C=O) groups excluding carboxylic acids is 2. The lowest BCUT2D eigenvalue weighted by molar-refractivity contribution is 0.0654. The van der Waals surface area contributed by atoms with Crippen LogP contribution in [0.2, 0.25) is 0 Å². The van der Waals surface area contributed by atoms with Crippen LogP contribution in [0.3, 0.4) is 0 Å². The number of benzene rings is 2. The van der Waals surface area contributed by atoms with E-state index in [1.807, 2.05) is 25.1 Å². The molecule has 130 valence electrons. The van der Waals surface area contributed by atoms with Crippen LogP contribution in [-0.2, 0) is 0 Å². The van der Waals surface area contributed by atoms with Gasteiger partial charge in [-0.05, 0) is 52.7 Å². The highest BCUT2D eigenvalue weighted by atomic mass is 79.9. The maximum Gasteiger partial charge on any atom is 0.261 e. The van der Waals surface area contributed by atoms with Crippen LogP contribution in [0.5, 0.6) is 5.75 Å². The Morgan fingerprint density at radius 1 is 1.12 bits per heavy atom. The average molecular weight is 403 g/mol. The summed E-state index contributed by atoms with van der Waals surface area (Å²) in [6.07, 6.45) is 0. The highest BCUT2D eigenvalue weighted by Gasteiger charge is 2.34. The van der Waals surface area contributed by atoms with Crippen molar-refractivity contribution in [1.82, 2.24) is 10.2 Å². The summed E-state index contributed by atoms with van der Waals surface area (Å²) in [5.74, 6) is 0.339. The number of imide groups is 1. The summed E-state index contributed by atoms with van der Waals surface area (Å²) in [6, 6.07) is 12.9. The van der Waals surface area contributed by atoms with E-state index in [0.29, 0.717) is 24.2 Å². The summed E-state index contributed by atoms with van der Waals surface area (Å²) >= 11 is 3.48. The van der Waals surface area contributed by atoms with E-state index in [2.05, 4.69) is 21.2 Å². The molecule has 0 unspecified atom stereocenters. The van der Waals surface area contributed by atoms with Crippen LogP contribution in [0.4, 0.5) is 0 Å². The van der Waals surface area contributed by atoms with Gasteiger partial charge in [0.2, 0.25) is 0 Å². The first-order chi connectivity index (χ1) is 12.0. The van der Waals surface area contributed by atoms with Gasteiger partial charge in [0.05, 0.1) is 22.7 Å². The van der Waals surface area contributed by atoms with E-state index in [-0.39, 0.29) is 17.9 Å². The molecule has 5 nitrogen and oxygen atoms in total. The second-order valence-corrected chi connectivity index (χ2v) is 6.73. The predicted octanol–water partition coefficient (Wildman–Crippen LogP) is 3.40. The lowest BCUT2D eigenvalue weighted by Crippen LogP contribution is -2.36. The molecule has 2 aromatic rings. The zero-order valence-corrected chi connectivity index (χ0v) is 15.7. The molecule has 0 saturated heterocycles. The monoisotopic (exact) mass is 402 g/mol. The molecule has 1 aliphatic heterocycles. The molecule has 2 amide bonds. The quantitative estimate of drug-likeness (QED) is 0.752. The molecule has 25 heavy (non-hydrogen) atoms. The summed E-state index contributed by atoms with van der Waals surface area (Å²) < 4.78 is 6.12. The van der Waals surface area contributed by atoms with Crippen molar-refractivity contribution in [2.24, 2.45) is 0 Å². The Morgan fingerprint density at radius 3 is 2.32 bits per heavy atom. The van der Waals surface area contributed by atoms with Crippen molar-refractivity contribution in [2.75, 3.05) is 20.2 Å². The molecule has 1 heterocycles. The average Bonchev–Trinajstić information content (AvgIpc) is 2.86. The lowest BCUT2D eigenvalue weighted by atomic mass is 10.1. The minimum Gasteiger partial charge on any atom is -0.496 e. The molecule has 1 atom stereocenters. The van der Waals surface area contributed by atoms with E-state index in [9.17, 15) is 9.59 Å². The minimum atomic E-state index is -0.220. The van der Waals surface area contributed by atoms with Crippen LogP contribution in [0.25, 0.3) is 0 Å². The summed E-state index contributed by atoms with van der Waals surface area (Å²) in [7, 11) is 1.63. The number of nitrogens with one attached hydrogen (secondary N) is 1. The largest absolute Gasteiger partial charge is 0.496 e. The number of ether oxygens (including phenoxy) is 1. The molecule has 1 aliphatic rings. The van der Waals surface area contributed by atoms with Gasteiger partial charge >= 0.3 is 0 Å². The van der Waals surface area contributed by atoms with Gasteiger partial charge in [0.15, 0.2) is 0 Å². The van der Waals surface area contributed by atoms with Crippen LogP contribution in [0.15, 0.2) is 46.9 Å². The first-order valence-corrected chi connectivity index (χ1v) is 8.84. The number of hydrogen-bond donors (Lipinski definition) is 1. The number of fused-ring (bicyclic) bond motifs is 1. The van der Waals surface area contributed by atoms with Crippen molar-refractivity contribution in [2.45, 2.75) is 13.0 Å². The number of halogens is 1. The van der Waals surface area contributed by atoms with Crippen LogP contribution in [-0.4, -0.2) is 36.9 Å². The minimum absolute atomic E-state index is 0.0809. The van der Waals surface area contributed by atoms with Crippen LogP contribution in [0, 0.1) is 0 Å². The zero-order valence-electron chi connectivity index (χ0n) is 14.1. The Hall–Kier alpha value is -2.18. The fourth-order valence-corrected chi connectivity index (χ4v) is 3.46. The van der Waals surface area contributed by atoms with E-state index < -0.39 is 0 Å². The fraction of sp³-hybridized carbons (Fsp3) is 0.263. The Bertz CT molecular complexity index is 787. The third-order valence-electron chi connectivity index (χ3n) is 4.34. The van der Waals surface area contributed by atoms with E-state index in [1.54, 1.807) is 31.4 Å². The maximum atomic E-state index is 12.3. The molecule has 0 aromatic heterocycles. The van der Waals surface area contributed by atoms with Crippen LogP contribution < -0.4 is 10.1 Å². The van der Waals surface area contributed by atoms with Gasteiger partial charge in [-0.25, -0.2) is 0 Å². The topological polar surface area (TPSA) is 58.6 Å². The number of rotatable bonds is 6. The normalized spacial score (nSPS) is 14.6. The summed E-state index contributed by atoms with van der Waals surface area (Å²) in [6.45, 7) is 2.90. The molecule has 1 N–H and O–H groups in total. The Balaban J connectivity index is 1.59. The molecular weight excluding hydrogens is 384 g/mol. The van der Waals surface area contributed by atoms with Gasteiger partial charge in [-0.1, -0.05) is 18.2 Å². The number of amides is 2. The van der Waals surface area contributed by atoms with E-state index in [4.69, 9.17) is 4.74 Å². The van der Waals surface area contributed by atoms with Gasteiger partial charge in [-0.15, -0.1) is 0 Å². The molecule has 6 heteroatoms. The number of carbonyl (C=O) groups is 2. The molecule has 2 aromatic carbocycles. The van der Waals surface area contributed by atoms with Gasteiger partial charge < -0.3 is 10.1 Å². The lowest BCUT2D eigenvalue weighted by Gasteiger charge is -2.18. The predicted molar refractivity (Wildman–Crippen MR) is 98.9 cm³/mol. The first kappa shape index (κ1) is 17.6. The number of methoxy groups -OCH3 is 1. The maximum absolute atomic E-state index is 12.3. The van der Waals surface area contributed by atoms with Gasteiger partial charge in [-0.3, -0.25) is 14.5 Å². The molecule has 0 spiro atoms. The smallest absolute Gasteiger partial charge is 0.261 e. The summed E-state index contributed by atoms with van der Waals surface area (Å²) in [5.41, 5.74) is 2.06. The van der Waals surface area contributed by atoms with Crippen molar-refractivity contribution in [3.05, 3.63) is 63.6 Å². The van der Waals surface area contributed by atoms with Gasteiger partial charge in [0.25, 0.3) is 11.8 Å². The molecule has 0 fully saturated rings. The summed E-state index contributed by atoms with van der Waals surface area (Å²) in [4.78, 5) is 26.0. The van der Waals surface area contributed by atoms with Gasteiger partial charge in [0, 0.05) is 19.1 Å². The second-order valence-electron chi connectivity index (χ2n) is 5.88. The summed E-state index contributed by atoms with van der Waals surface area (Å²) in [5, 5.41) is 3.35. The number of hydrogen-bond acceptors (Lipinski definition) is 4. The van der Waals surface area contributed by atoms with E-state index >= 15 is 0 Å². The fourth-order valence-electron chi connectivity index (χ4n) is 2.90. The molecule has 3 rings (SSSR count). The van der Waals surface area contributed by atoms with Crippen molar-refractivity contribution in [3.8, 4) is 5.75 Å². The van der Waals surface area contributed by atoms with E-state index in [0.717, 1.165) is 15.8 Å². The highest BCUT2D eigenvalue weighted by Crippen LogP contribution is 2.28. The molecule has 0 aliphatic carbocycles. The molecule has 0 radical (unpaired) electrons. The van der Waals surface area contributed by atoms with E-state index in [1.165, 1.54) is 4.90 Å². The third kappa shape index (κ3) is 3.45. The molecule has 0 saturated carbocycles. The Kier molecular flexibility index (Phi) is 5.20. The molecule has 0 bridgehead atoms. The van der Waals surface area contributed by atoms with Gasteiger partial charge in [-0.2, -0.15) is 0 Å². The zero-order chi connectivity index (χ0) is 18.0. The van der Waals surface area contributed by atoms with Crippen LogP contribution >= 0.6 is 15.9 Å². The van der Waals surface area contributed by atoms with Crippen molar-refractivity contribution < 1.29 is 14.3 Å². The number of nitrogens with zero attached hydrogens (tertiary/aromatic N) is 1. The van der Waals surface area contributed by atoms with Crippen molar-refractivity contribution >= 4 is 27.7 Å². The van der Waals surface area contributed by atoms with Crippen molar-refractivity contribution in [3.63, 3.8) is 0 Å². The standard InChI is InChI=1S/C19H19BrN2O3/c1-12(13-7-8-17(25-2)16(20)11-13)21-9-10-22-18(23)14-5-3-4-6-15(14)19(22)24/h3-8,11-12,21H,9-10H2,1-2H3/t12-/m0/s1. The second kappa shape index (κ2) is 7.37. The Morgan fingerprint density at radius 2 is 1.76 bits per heavy atom. The molecular formula is C19H19BrN2O3. The third-order valence-corrected chi connectivity index (χ3v) is 4.96. The SMILES string of the molecule is COc1ccc([C@H](C)NCCN2C(=O)c3ccccc3C2=O)cc1Br. The van der Waals surface area contributed by atoms with Gasteiger partial charge in [0.1, 0.15) is 5.75 Å². The highest BCUT2D eigenvalue weighted by molar-refractivity contribution is 9.10. The van der Waals surface area contributed by atoms with Crippen molar-refractivity contribution in [1.29, 1.82) is 0 Å².